The van der Waals surface area contributed by atoms with Gasteiger partial charge < -0.3 is 5.32 Å². The number of rotatable bonds is 2. The maximum Gasteiger partial charge on any atom is 0.137 e. The van der Waals surface area contributed by atoms with E-state index in [4.69, 9.17) is 0 Å². The number of anilines is 1. The van der Waals surface area contributed by atoms with Gasteiger partial charge in [0, 0.05) is 18.8 Å². The quantitative estimate of drug-likeness (QED) is 0.678. The standard InChI is InChI=1S/C6H9N2S/c1-3-7-6-4-9-5(2)8-6/h4,7H,2-3H2,1H3. The Morgan fingerprint density at radius 3 is 3.11 bits per heavy atom. The molecule has 0 aliphatic rings. The number of hydrogen-bond acceptors (Lipinski definition) is 3. The molecular formula is C6H9N2S. The molecule has 49 valence electrons. The van der Waals surface area contributed by atoms with Gasteiger partial charge in [0.1, 0.15) is 5.82 Å². The smallest absolute Gasteiger partial charge is 0.137 e. The van der Waals surface area contributed by atoms with E-state index >= 15 is 0 Å². The summed E-state index contributed by atoms with van der Waals surface area (Å²) in [7, 11) is 0. The van der Waals surface area contributed by atoms with E-state index in [0.717, 1.165) is 17.4 Å². The predicted octanol–water partition coefficient (Wildman–Crippen LogP) is 1.76. The lowest BCUT2D eigenvalue weighted by Crippen LogP contribution is -1.95. The molecule has 2 nitrogen and oxygen atoms in total. The van der Waals surface area contributed by atoms with E-state index in [1.807, 2.05) is 12.3 Å². The highest BCUT2D eigenvalue weighted by molar-refractivity contribution is 7.10. The second-order valence-corrected chi connectivity index (χ2v) is 2.60. The molecule has 1 aromatic heterocycles. The van der Waals surface area contributed by atoms with Gasteiger partial charge in [-0.05, 0) is 6.92 Å². The second kappa shape index (κ2) is 2.82. The number of nitrogens with zero attached hydrogens (tertiary/aromatic N) is 1. The molecule has 3 heteroatoms. The first-order valence-electron chi connectivity index (χ1n) is 2.84. The zero-order chi connectivity index (χ0) is 6.69. The number of thiazole rings is 1. The fraction of sp³-hybridized carbons (Fsp3) is 0.333. The minimum atomic E-state index is 0.867. The van der Waals surface area contributed by atoms with Gasteiger partial charge in [0.2, 0.25) is 0 Å². The van der Waals surface area contributed by atoms with Gasteiger partial charge in [0.05, 0.1) is 5.01 Å². The molecule has 1 radical (unpaired) electrons. The monoisotopic (exact) mass is 141 g/mol. The Bertz CT molecular complexity index is 183. The maximum absolute atomic E-state index is 4.10. The van der Waals surface area contributed by atoms with Crippen LogP contribution in [0.1, 0.15) is 11.9 Å². The largest absolute Gasteiger partial charge is 0.370 e. The van der Waals surface area contributed by atoms with Crippen molar-refractivity contribution in [2.45, 2.75) is 6.92 Å². The summed E-state index contributed by atoms with van der Waals surface area (Å²) in [6.45, 7) is 6.65. The van der Waals surface area contributed by atoms with Crippen LogP contribution in [0.25, 0.3) is 0 Å². The normalized spacial score (nSPS) is 9.56. The van der Waals surface area contributed by atoms with Gasteiger partial charge >= 0.3 is 0 Å². The van der Waals surface area contributed by atoms with Crippen LogP contribution in [-0.2, 0) is 0 Å². The van der Waals surface area contributed by atoms with Crippen molar-refractivity contribution in [1.29, 1.82) is 0 Å². The van der Waals surface area contributed by atoms with Gasteiger partial charge in [-0.3, -0.25) is 0 Å². The van der Waals surface area contributed by atoms with Crippen molar-refractivity contribution in [3.63, 3.8) is 0 Å². The summed E-state index contributed by atoms with van der Waals surface area (Å²) in [5.41, 5.74) is 0. The SMILES string of the molecule is [CH2]c1nc(NCC)cs1. The second-order valence-electron chi connectivity index (χ2n) is 1.66. The molecule has 0 atom stereocenters. The molecule has 0 fully saturated rings. The van der Waals surface area contributed by atoms with E-state index in [1.54, 1.807) is 11.3 Å². The van der Waals surface area contributed by atoms with Gasteiger partial charge in [-0.15, -0.1) is 11.3 Å². The molecule has 0 spiro atoms. The predicted molar refractivity (Wildman–Crippen MR) is 40.7 cm³/mol. The highest BCUT2D eigenvalue weighted by atomic mass is 32.1. The zero-order valence-electron chi connectivity index (χ0n) is 5.35. The molecule has 0 aliphatic carbocycles. The fourth-order valence-corrected chi connectivity index (χ4v) is 1.11. The first-order chi connectivity index (χ1) is 4.33. The van der Waals surface area contributed by atoms with Crippen LogP contribution < -0.4 is 5.32 Å². The van der Waals surface area contributed by atoms with Crippen LogP contribution in [0.3, 0.4) is 0 Å². The summed E-state index contributed by atoms with van der Waals surface area (Å²) in [5.74, 6) is 0.938. The Hall–Kier alpha value is -0.570. The minimum Gasteiger partial charge on any atom is -0.370 e. The van der Waals surface area contributed by atoms with E-state index in [2.05, 4.69) is 17.2 Å². The van der Waals surface area contributed by atoms with Crippen LogP contribution in [0.15, 0.2) is 5.38 Å². The summed E-state index contributed by atoms with van der Waals surface area (Å²) in [5, 5.41) is 5.92. The van der Waals surface area contributed by atoms with Crippen LogP contribution in [-0.4, -0.2) is 11.5 Å². The third-order valence-electron chi connectivity index (χ3n) is 0.910. The molecule has 0 unspecified atom stereocenters. The van der Waals surface area contributed by atoms with Gasteiger partial charge in [-0.25, -0.2) is 4.98 Å². The minimum absolute atomic E-state index is 0.867. The summed E-state index contributed by atoms with van der Waals surface area (Å²) in [4.78, 5) is 4.10. The third-order valence-corrected chi connectivity index (χ3v) is 1.61. The summed E-state index contributed by atoms with van der Waals surface area (Å²) >= 11 is 1.56. The molecule has 0 aliphatic heterocycles. The van der Waals surface area contributed by atoms with E-state index in [9.17, 15) is 0 Å². The Morgan fingerprint density at radius 1 is 1.89 bits per heavy atom. The zero-order valence-corrected chi connectivity index (χ0v) is 6.16. The van der Waals surface area contributed by atoms with Gasteiger partial charge in [0.25, 0.3) is 0 Å². The molecular weight excluding hydrogens is 132 g/mol. The lowest BCUT2D eigenvalue weighted by molar-refractivity contribution is 1.17. The average Bonchev–Trinajstić information content (AvgIpc) is 2.17. The lowest BCUT2D eigenvalue weighted by atomic mass is 10.7. The van der Waals surface area contributed by atoms with Crippen molar-refractivity contribution >= 4 is 17.2 Å². The van der Waals surface area contributed by atoms with Crippen molar-refractivity contribution in [3.8, 4) is 0 Å². The Morgan fingerprint density at radius 2 is 2.67 bits per heavy atom. The fourth-order valence-electron chi connectivity index (χ4n) is 0.573. The molecule has 0 amide bonds. The number of aromatic nitrogens is 1. The van der Waals surface area contributed by atoms with Crippen LogP contribution in [0, 0.1) is 6.92 Å². The molecule has 9 heavy (non-hydrogen) atoms. The van der Waals surface area contributed by atoms with Crippen LogP contribution in [0.2, 0.25) is 0 Å². The summed E-state index contributed by atoms with van der Waals surface area (Å²) in [6.07, 6.45) is 0. The lowest BCUT2D eigenvalue weighted by Gasteiger charge is -1.92. The number of hydrogen-bond donors (Lipinski definition) is 1. The first kappa shape index (κ1) is 6.55. The molecule has 1 rings (SSSR count). The maximum atomic E-state index is 4.10. The van der Waals surface area contributed by atoms with E-state index < -0.39 is 0 Å². The number of nitrogens with one attached hydrogen (secondary N) is 1. The Labute approximate surface area is 58.9 Å². The van der Waals surface area contributed by atoms with Gasteiger partial charge in [0.15, 0.2) is 0 Å². The highest BCUT2D eigenvalue weighted by Gasteiger charge is 1.92. The van der Waals surface area contributed by atoms with E-state index in [1.165, 1.54) is 0 Å². The molecule has 0 saturated heterocycles. The van der Waals surface area contributed by atoms with Crippen molar-refractivity contribution in [3.05, 3.63) is 17.3 Å². The van der Waals surface area contributed by atoms with E-state index in [0.29, 0.717) is 0 Å². The third kappa shape index (κ3) is 1.68. The molecule has 1 heterocycles. The summed E-state index contributed by atoms with van der Waals surface area (Å²) < 4.78 is 0. The molecule has 0 saturated carbocycles. The van der Waals surface area contributed by atoms with Gasteiger partial charge in [-0.2, -0.15) is 0 Å². The Balaban J connectivity index is 2.61. The molecule has 0 aromatic carbocycles. The average molecular weight is 141 g/mol. The van der Waals surface area contributed by atoms with E-state index in [-0.39, 0.29) is 0 Å². The van der Waals surface area contributed by atoms with Crippen molar-refractivity contribution in [2.75, 3.05) is 11.9 Å². The van der Waals surface area contributed by atoms with Crippen molar-refractivity contribution in [2.24, 2.45) is 0 Å². The van der Waals surface area contributed by atoms with Crippen LogP contribution in [0.4, 0.5) is 5.82 Å². The highest BCUT2D eigenvalue weighted by Crippen LogP contribution is 2.11. The molecule has 0 bridgehead atoms. The summed E-state index contributed by atoms with van der Waals surface area (Å²) in [6, 6.07) is 0. The Kier molecular flexibility index (Phi) is 2.05. The molecule has 1 N–H and O–H groups in total. The molecule has 1 aromatic rings. The topological polar surface area (TPSA) is 24.9 Å². The van der Waals surface area contributed by atoms with Crippen LogP contribution >= 0.6 is 11.3 Å². The van der Waals surface area contributed by atoms with Crippen molar-refractivity contribution in [1.82, 2.24) is 4.98 Å². The first-order valence-corrected chi connectivity index (χ1v) is 3.72. The van der Waals surface area contributed by atoms with Gasteiger partial charge in [-0.1, -0.05) is 0 Å². The van der Waals surface area contributed by atoms with Crippen LogP contribution in [0.5, 0.6) is 0 Å². The van der Waals surface area contributed by atoms with Crippen molar-refractivity contribution < 1.29 is 0 Å².